The van der Waals surface area contributed by atoms with Crippen LogP contribution in [-0.4, -0.2) is 65.4 Å². The molecule has 3 amide bonds. The highest BCUT2D eigenvalue weighted by Crippen LogP contribution is 2.46. The van der Waals surface area contributed by atoms with Crippen molar-refractivity contribution in [2.75, 3.05) is 33.7 Å². The fourth-order valence-corrected chi connectivity index (χ4v) is 4.98. The third-order valence-corrected chi connectivity index (χ3v) is 6.53. The molecule has 6 nitrogen and oxygen atoms in total. The molecule has 158 valence electrons. The van der Waals surface area contributed by atoms with Crippen LogP contribution in [0.4, 0.5) is 4.79 Å². The van der Waals surface area contributed by atoms with E-state index in [0.717, 1.165) is 25.1 Å². The quantitative estimate of drug-likeness (QED) is 0.784. The number of benzene rings is 1. The first-order valence-electron chi connectivity index (χ1n) is 10.7. The molecule has 1 aromatic carbocycles. The van der Waals surface area contributed by atoms with Gasteiger partial charge in [-0.1, -0.05) is 24.3 Å². The second kappa shape index (κ2) is 8.46. The lowest BCUT2D eigenvalue weighted by atomic mass is 9.88. The molecule has 0 radical (unpaired) electrons. The van der Waals surface area contributed by atoms with Crippen molar-refractivity contribution < 1.29 is 9.59 Å². The van der Waals surface area contributed by atoms with Gasteiger partial charge in [-0.05, 0) is 42.2 Å². The number of hydrogen-bond donors (Lipinski definition) is 0. The van der Waals surface area contributed by atoms with Crippen molar-refractivity contribution in [1.82, 2.24) is 19.7 Å². The van der Waals surface area contributed by atoms with E-state index in [1.54, 1.807) is 31.4 Å². The van der Waals surface area contributed by atoms with Gasteiger partial charge in [0.1, 0.15) is 0 Å². The van der Waals surface area contributed by atoms with Gasteiger partial charge in [0.15, 0.2) is 0 Å². The number of amides is 3. The van der Waals surface area contributed by atoms with E-state index < -0.39 is 0 Å². The van der Waals surface area contributed by atoms with Gasteiger partial charge in [-0.3, -0.25) is 9.78 Å². The maximum atomic E-state index is 12.9. The van der Waals surface area contributed by atoms with Gasteiger partial charge in [0.05, 0.1) is 6.04 Å². The zero-order chi connectivity index (χ0) is 21.3. The number of pyridine rings is 1. The minimum atomic E-state index is 0.0177. The van der Waals surface area contributed by atoms with E-state index in [1.165, 1.54) is 11.1 Å². The number of likely N-dealkylation sites (tertiary alicyclic amines) is 2. The number of carbonyl (C=O) groups excluding carboxylic acids is 2. The molecular weight excluding hydrogens is 376 g/mol. The Morgan fingerprint density at radius 2 is 1.80 bits per heavy atom. The predicted molar refractivity (Wildman–Crippen MR) is 116 cm³/mol. The average Bonchev–Trinajstić information content (AvgIpc) is 3.31. The fraction of sp³-hybridized carbons (Fsp3) is 0.458. The molecule has 4 rings (SSSR count). The molecule has 1 aromatic heterocycles. The Labute approximate surface area is 178 Å². The number of fused-ring (bicyclic) bond motifs is 1. The molecule has 6 heteroatoms. The molecule has 2 aliphatic heterocycles. The topological polar surface area (TPSA) is 56.8 Å². The number of nitrogens with zero attached hydrogens (tertiary/aromatic N) is 4. The second-order valence-electron chi connectivity index (χ2n) is 8.71. The molecule has 0 bridgehead atoms. The third-order valence-electron chi connectivity index (χ3n) is 6.53. The molecule has 30 heavy (non-hydrogen) atoms. The number of rotatable bonds is 4. The Balaban J connectivity index is 1.50. The fourth-order valence-electron chi connectivity index (χ4n) is 4.98. The van der Waals surface area contributed by atoms with E-state index >= 15 is 0 Å². The Morgan fingerprint density at radius 1 is 1.07 bits per heavy atom. The highest BCUT2D eigenvalue weighted by atomic mass is 16.2. The largest absolute Gasteiger partial charge is 0.342 e. The summed E-state index contributed by atoms with van der Waals surface area (Å²) in [4.78, 5) is 35.5. The lowest BCUT2D eigenvalue weighted by molar-refractivity contribution is -0.130. The molecule has 2 saturated heterocycles. The van der Waals surface area contributed by atoms with Gasteiger partial charge in [0, 0.05) is 64.4 Å². The van der Waals surface area contributed by atoms with Crippen LogP contribution in [0.25, 0.3) is 0 Å². The molecule has 2 aromatic rings. The Kier molecular flexibility index (Phi) is 5.75. The maximum absolute atomic E-state index is 12.9. The second-order valence-corrected chi connectivity index (χ2v) is 8.71. The van der Waals surface area contributed by atoms with E-state index in [0.29, 0.717) is 18.9 Å². The summed E-state index contributed by atoms with van der Waals surface area (Å²) in [5, 5.41) is 0. The summed E-state index contributed by atoms with van der Waals surface area (Å²) in [5.41, 5.74) is 3.53. The van der Waals surface area contributed by atoms with Crippen molar-refractivity contribution in [3.05, 3.63) is 65.5 Å². The van der Waals surface area contributed by atoms with Crippen LogP contribution in [0.2, 0.25) is 0 Å². The number of hydrogen-bond acceptors (Lipinski definition) is 3. The van der Waals surface area contributed by atoms with Crippen molar-refractivity contribution in [2.24, 2.45) is 11.8 Å². The zero-order valence-corrected chi connectivity index (χ0v) is 18.0. The summed E-state index contributed by atoms with van der Waals surface area (Å²) >= 11 is 0. The third kappa shape index (κ3) is 3.91. The summed E-state index contributed by atoms with van der Waals surface area (Å²) in [5.74, 6) is 0.804. The van der Waals surface area contributed by atoms with E-state index in [2.05, 4.69) is 24.0 Å². The van der Waals surface area contributed by atoms with Crippen molar-refractivity contribution >= 4 is 11.9 Å². The lowest BCUT2D eigenvalue weighted by Crippen LogP contribution is -2.42. The molecule has 0 aliphatic carbocycles. The normalized spacial score (nSPS) is 22.8. The van der Waals surface area contributed by atoms with E-state index in [4.69, 9.17) is 0 Å². The van der Waals surface area contributed by atoms with E-state index in [9.17, 15) is 9.59 Å². The van der Waals surface area contributed by atoms with Crippen LogP contribution < -0.4 is 0 Å². The number of aromatic nitrogens is 1. The molecule has 0 saturated carbocycles. The number of aryl methyl sites for hydroxylation is 2. The summed E-state index contributed by atoms with van der Waals surface area (Å²) in [7, 11) is 3.61. The van der Waals surface area contributed by atoms with Gasteiger partial charge in [-0.15, -0.1) is 0 Å². The summed E-state index contributed by atoms with van der Waals surface area (Å²) in [6, 6.07) is 12.3. The first kappa shape index (κ1) is 20.4. The molecule has 3 heterocycles. The molecule has 2 fully saturated rings. The van der Waals surface area contributed by atoms with Crippen LogP contribution in [0, 0.1) is 18.8 Å². The van der Waals surface area contributed by atoms with Gasteiger partial charge < -0.3 is 14.7 Å². The maximum Gasteiger partial charge on any atom is 0.320 e. The van der Waals surface area contributed by atoms with E-state index in [1.807, 2.05) is 34.1 Å². The van der Waals surface area contributed by atoms with Crippen molar-refractivity contribution in [3.8, 4) is 0 Å². The minimum Gasteiger partial charge on any atom is -0.342 e. The first-order chi connectivity index (χ1) is 14.5. The molecule has 0 unspecified atom stereocenters. The first-order valence-corrected chi connectivity index (χ1v) is 10.7. The van der Waals surface area contributed by atoms with Crippen LogP contribution in [0.1, 0.15) is 29.2 Å². The Hall–Kier alpha value is -2.89. The minimum absolute atomic E-state index is 0.0177. The van der Waals surface area contributed by atoms with Crippen LogP contribution in [-0.2, 0) is 11.2 Å². The standard InChI is InChI=1S/C24H30N4O2/c1-17-6-4-5-7-20(17)23-21-16-27(14-19(21)15-28(23)24(30)26(2)3)22(29)9-8-18-10-12-25-13-11-18/h4-7,10-13,19,21,23H,8-9,14-16H2,1-3H3/t19-,21-,23+/m1/s1. The SMILES string of the molecule is Cc1ccccc1[C@H]1[C@@H]2CN(C(=O)CCc3ccncc3)C[C@@H]2CN1C(=O)N(C)C. The van der Waals surface area contributed by atoms with Crippen LogP contribution in [0.15, 0.2) is 48.8 Å². The van der Waals surface area contributed by atoms with Gasteiger partial charge >= 0.3 is 6.03 Å². The van der Waals surface area contributed by atoms with Crippen LogP contribution >= 0.6 is 0 Å². The summed E-state index contributed by atoms with van der Waals surface area (Å²) < 4.78 is 0. The monoisotopic (exact) mass is 406 g/mol. The average molecular weight is 407 g/mol. The van der Waals surface area contributed by atoms with Crippen LogP contribution in [0.5, 0.6) is 0 Å². The highest BCUT2D eigenvalue weighted by Gasteiger charge is 2.50. The molecule has 0 spiro atoms. The zero-order valence-electron chi connectivity index (χ0n) is 18.0. The Bertz CT molecular complexity index is 914. The van der Waals surface area contributed by atoms with Crippen molar-refractivity contribution in [1.29, 1.82) is 0 Å². The van der Waals surface area contributed by atoms with Crippen LogP contribution in [0.3, 0.4) is 0 Å². The Morgan fingerprint density at radius 3 is 2.50 bits per heavy atom. The van der Waals surface area contributed by atoms with Gasteiger partial charge in [0.25, 0.3) is 0 Å². The lowest BCUT2D eigenvalue weighted by Gasteiger charge is -2.32. The predicted octanol–water partition coefficient (Wildman–Crippen LogP) is 3.14. The number of urea groups is 1. The number of carbonyl (C=O) groups is 2. The molecule has 3 atom stereocenters. The molecule has 2 aliphatic rings. The summed E-state index contributed by atoms with van der Waals surface area (Å²) in [6.07, 6.45) is 4.78. The van der Waals surface area contributed by atoms with Gasteiger partial charge in [-0.2, -0.15) is 0 Å². The summed E-state index contributed by atoms with van der Waals surface area (Å²) in [6.45, 7) is 4.26. The molecule has 0 N–H and O–H groups in total. The highest BCUT2D eigenvalue weighted by molar-refractivity contribution is 5.78. The van der Waals surface area contributed by atoms with Crippen molar-refractivity contribution in [2.45, 2.75) is 25.8 Å². The smallest absolute Gasteiger partial charge is 0.320 e. The van der Waals surface area contributed by atoms with Gasteiger partial charge in [-0.25, -0.2) is 4.79 Å². The molecular formula is C24H30N4O2. The van der Waals surface area contributed by atoms with E-state index in [-0.39, 0.29) is 23.9 Å². The van der Waals surface area contributed by atoms with Crippen molar-refractivity contribution in [3.63, 3.8) is 0 Å². The van der Waals surface area contributed by atoms with Gasteiger partial charge in [0.2, 0.25) is 5.91 Å².